The normalized spacial score (nSPS) is 15.4. The molecule has 1 aliphatic rings. The number of anilines is 3. The molecule has 0 atom stereocenters. The number of hydrogen-bond acceptors (Lipinski definition) is 6. The minimum atomic E-state index is 0.0907. The molecule has 0 radical (unpaired) electrons. The number of nitrogens with two attached hydrogens (primary N) is 3. The van der Waals surface area contributed by atoms with Crippen LogP contribution in [-0.4, -0.2) is 46.7 Å². The van der Waals surface area contributed by atoms with Crippen LogP contribution in [0.25, 0.3) is 11.0 Å². The van der Waals surface area contributed by atoms with Crippen molar-refractivity contribution in [2.24, 2.45) is 0 Å². The SMILES string of the molecule is Nc1cc2nc(N)n(CCC(=O)N3CCOCC3)c2cc1N. The van der Waals surface area contributed by atoms with Crippen molar-refractivity contribution in [2.75, 3.05) is 43.5 Å². The lowest BCUT2D eigenvalue weighted by Crippen LogP contribution is -2.41. The molecule has 3 rings (SSSR count). The number of rotatable bonds is 3. The minimum Gasteiger partial charge on any atom is -0.397 e. The lowest BCUT2D eigenvalue weighted by atomic mass is 10.2. The second-order valence-electron chi connectivity index (χ2n) is 5.33. The van der Waals surface area contributed by atoms with Crippen molar-refractivity contribution < 1.29 is 9.53 Å². The quantitative estimate of drug-likeness (QED) is 0.687. The van der Waals surface area contributed by atoms with Gasteiger partial charge in [0.1, 0.15) is 0 Å². The average Bonchev–Trinajstić information content (AvgIpc) is 2.81. The van der Waals surface area contributed by atoms with Gasteiger partial charge in [-0.3, -0.25) is 4.79 Å². The second-order valence-corrected chi connectivity index (χ2v) is 5.33. The van der Waals surface area contributed by atoms with Crippen LogP contribution in [0.1, 0.15) is 6.42 Å². The number of carbonyl (C=O) groups is 1. The Hall–Kier alpha value is -2.48. The molecule has 1 amide bonds. The highest BCUT2D eigenvalue weighted by Crippen LogP contribution is 2.25. The number of nitrogens with zero attached hydrogens (tertiary/aromatic N) is 3. The van der Waals surface area contributed by atoms with E-state index in [1.165, 1.54) is 0 Å². The molecule has 1 aromatic carbocycles. The number of hydrogen-bond donors (Lipinski definition) is 3. The molecule has 22 heavy (non-hydrogen) atoms. The predicted octanol–water partition coefficient (Wildman–Crippen LogP) is 0.0318. The molecule has 0 unspecified atom stereocenters. The summed E-state index contributed by atoms with van der Waals surface area (Å²) in [5.74, 6) is 0.447. The van der Waals surface area contributed by atoms with Gasteiger partial charge >= 0.3 is 0 Å². The van der Waals surface area contributed by atoms with Crippen molar-refractivity contribution in [1.82, 2.24) is 14.5 Å². The number of carbonyl (C=O) groups excluding carboxylic acids is 1. The zero-order valence-corrected chi connectivity index (χ0v) is 12.3. The summed E-state index contributed by atoms with van der Waals surface area (Å²) in [5.41, 5.74) is 20.0. The van der Waals surface area contributed by atoms with Crippen LogP contribution in [0, 0.1) is 0 Å². The van der Waals surface area contributed by atoms with Gasteiger partial charge in [-0.25, -0.2) is 4.98 Å². The van der Waals surface area contributed by atoms with Gasteiger partial charge in [0, 0.05) is 26.1 Å². The maximum Gasteiger partial charge on any atom is 0.224 e. The van der Waals surface area contributed by atoms with E-state index < -0.39 is 0 Å². The molecule has 2 heterocycles. The van der Waals surface area contributed by atoms with Gasteiger partial charge in [0.25, 0.3) is 0 Å². The van der Waals surface area contributed by atoms with Crippen LogP contribution >= 0.6 is 0 Å². The predicted molar refractivity (Wildman–Crippen MR) is 85.0 cm³/mol. The largest absolute Gasteiger partial charge is 0.397 e. The molecule has 0 bridgehead atoms. The molecule has 0 saturated carbocycles. The van der Waals surface area contributed by atoms with E-state index in [0.717, 1.165) is 5.52 Å². The molecular weight excluding hydrogens is 284 g/mol. The van der Waals surface area contributed by atoms with Crippen LogP contribution in [0.15, 0.2) is 12.1 Å². The number of ether oxygens (including phenoxy) is 1. The van der Waals surface area contributed by atoms with E-state index in [1.54, 1.807) is 16.7 Å². The van der Waals surface area contributed by atoms with Crippen molar-refractivity contribution in [3.63, 3.8) is 0 Å². The van der Waals surface area contributed by atoms with E-state index in [0.29, 0.717) is 62.1 Å². The summed E-state index contributed by atoms with van der Waals surface area (Å²) >= 11 is 0. The van der Waals surface area contributed by atoms with Gasteiger partial charge < -0.3 is 31.4 Å². The van der Waals surface area contributed by atoms with E-state index in [1.807, 2.05) is 4.90 Å². The fourth-order valence-corrected chi connectivity index (χ4v) is 2.64. The number of aryl methyl sites for hydroxylation is 1. The first kappa shape index (κ1) is 14.5. The first-order valence-corrected chi connectivity index (χ1v) is 7.22. The average molecular weight is 304 g/mol. The van der Waals surface area contributed by atoms with Gasteiger partial charge in [-0.2, -0.15) is 0 Å². The molecule has 2 aromatic rings. The highest BCUT2D eigenvalue weighted by molar-refractivity contribution is 5.88. The van der Waals surface area contributed by atoms with E-state index >= 15 is 0 Å². The topological polar surface area (TPSA) is 125 Å². The lowest BCUT2D eigenvalue weighted by molar-refractivity contribution is -0.135. The molecule has 118 valence electrons. The van der Waals surface area contributed by atoms with Gasteiger partial charge in [0.15, 0.2) is 0 Å². The summed E-state index contributed by atoms with van der Waals surface area (Å²) in [6.07, 6.45) is 0.361. The highest BCUT2D eigenvalue weighted by atomic mass is 16.5. The van der Waals surface area contributed by atoms with Crippen molar-refractivity contribution in [2.45, 2.75) is 13.0 Å². The zero-order chi connectivity index (χ0) is 15.7. The van der Waals surface area contributed by atoms with Gasteiger partial charge in [-0.05, 0) is 12.1 Å². The van der Waals surface area contributed by atoms with Gasteiger partial charge in [-0.1, -0.05) is 0 Å². The van der Waals surface area contributed by atoms with E-state index in [2.05, 4.69) is 4.98 Å². The second kappa shape index (κ2) is 5.72. The molecular formula is C14H20N6O2. The summed E-state index contributed by atoms with van der Waals surface area (Å²) in [6.45, 7) is 2.93. The van der Waals surface area contributed by atoms with Crippen molar-refractivity contribution in [1.29, 1.82) is 0 Å². The third-order valence-corrected chi connectivity index (χ3v) is 3.90. The van der Waals surface area contributed by atoms with Gasteiger partial charge in [0.05, 0.1) is 35.6 Å². The highest BCUT2D eigenvalue weighted by Gasteiger charge is 2.18. The fourth-order valence-electron chi connectivity index (χ4n) is 2.64. The number of morpholine rings is 1. The Morgan fingerprint density at radius 3 is 2.59 bits per heavy atom. The molecule has 8 heteroatoms. The fraction of sp³-hybridized carbons (Fsp3) is 0.429. The van der Waals surface area contributed by atoms with Gasteiger partial charge in [-0.15, -0.1) is 0 Å². The van der Waals surface area contributed by atoms with E-state index in [9.17, 15) is 4.79 Å². The Morgan fingerprint density at radius 1 is 1.18 bits per heavy atom. The molecule has 0 aliphatic carbocycles. The number of aromatic nitrogens is 2. The standard InChI is InChI=1S/C14H20N6O2/c15-9-7-11-12(8-10(9)16)20(14(17)18-11)2-1-13(21)19-3-5-22-6-4-19/h7-8H,1-6,15-16H2,(H2,17,18). The number of imidazole rings is 1. The summed E-state index contributed by atoms with van der Waals surface area (Å²) in [4.78, 5) is 18.3. The minimum absolute atomic E-state index is 0.0907. The van der Waals surface area contributed by atoms with Crippen molar-refractivity contribution >= 4 is 34.3 Å². The Balaban J connectivity index is 1.77. The van der Waals surface area contributed by atoms with E-state index in [-0.39, 0.29) is 5.91 Å². The molecule has 8 nitrogen and oxygen atoms in total. The third-order valence-electron chi connectivity index (χ3n) is 3.90. The molecule has 1 saturated heterocycles. The lowest BCUT2D eigenvalue weighted by Gasteiger charge is -2.27. The Labute approximate surface area is 127 Å². The van der Waals surface area contributed by atoms with Crippen LogP contribution in [0.3, 0.4) is 0 Å². The van der Waals surface area contributed by atoms with E-state index in [4.69, 9.17) is 21.9 Å². The van der Waals surface area contributed by atoms with Crippen LogP contribution < -0.4 is 17.2 Å². The molecule has 0 spiro atoms. The number of nitrogen functional groups attached to an aromatic ring is 3. The summed E-state index contributed by atoms with van der Waals surface area (Å²) in [6, 6.07) is 3.44. The maximum atomic E-state index is 12.2. The zero-order valence-electron chi connectivity index (χ0n) is 12.3. The first-order chi connectivity index (χ1) is 10.6. The van der Waals surface area contributed by atoms with Crippen molar-refractivity contribution in [3.8, 4) is 0 Å². The third kappa shape index (κ3) is 2.64. The molecule has 1 aromatic heterocycles. The maximum absolute atomic E-state index is 12.2. The summed E-state index contributed by atoms with van der Waals surface area (Å²) in [5, 5.41) is 0. The van der Waals surface area contributed by atoms with Crippen molar-refractivity contribution in [3.05, 3.63) is 12.1 Å². The number of fused-ring (bicyclic) bond motifs is 1. The molecule has 1 fully saturated rings. The Morgan fingerprint density at radius 2 is 1.86 bits per heavy atom. The number of amides is 1. The smallest absolute Gasteiger partial charge is 0.224 e. The molecule has 6 N–H and O–H groups in total. The monoisotopic (exact) mass is 304 g/mol. The number of benzene rings is 1. The Bertz CT molecular complexity index is 705. The molecule has 1 aliphatic heterocycles. The summed E-state index contributed by atoms with van der Waals surface area (Å²) in [7, 11) is 0. The Kier molecular flexibility index (Phi) is 3.76. The van der Waals surface area contributed by atoms with Gasteiger partial charge in [0.2, 0.25) is 11.9 Å². The van der Waals surface area contributed by atoms with Crippen LogP contribution in [0.5, 0.6) is 0 Å². The van der Waals surface area contributed by atoms with Crippen LogP contribution in [0.4, 0.5) is 17.3 Å². The van der Waals surface area contributed by atoms with Crippen LogP contribution in [-0.2, 0) is 16.1 Å². The summed E-state index contributed by atoms with van der Waals surface area (Å²) < 4.78 is 7.04. The van der Waals surface area contributed by atoms with Crippen LogP contribution in [0.2, 0.25) is 0 Å². The first-order valence-electron chi connectivity index (χ1n) is 7.22.